The first kappa shape index (κ1) is 40.7. The van der Waals surface area contributed by atoms with Crippen LogP contribution < -0.4 is 10.2 Å². The molecule has 0 aliphatic carbocycles. The van der Waals surface area contributed by atoms with Crippen LogP contribution in [-0.4, -0.2) is 65.1 Å². The lowest BCUT2D eigenvalue weighted by molar-refractivity contribution is -0.283. The van der Waals surface area contributed by atoms with Gasteiger partial charge in [0.05, 0.1) is 13.2 Å². The molecular formula is C33H59NO9P-. The summed E-state index contributed by atoms with van der Waals surface area (Å²) >= 11 is 0. The molecule has 1 fully saturated rings. The molecule has 2 unspecified atom stereocenters. The normalized spacial score (nSPS) is 25.6. The van der Waals surface area contributed by atoms with Crippen molar-refractivity contribution in [3.8, 4) is 0 Å². The molecule has 0 aromatic rings. The first-order chi connectivity index (χ1) is 20.6. The number of phosphoric ester groups is 1. The standard InChI is InChI=1S/C33H60NO9P/c1-23(2)12-8-13-24(3)14-9-15-25(4)16-10-17-26(5)18-11-19-27(6)20-21-41-44(39,40)43-33-30(34-28(7)36)32(38)31(37)29(22-35)42-33/h14,16,18,23,27,29-33,35,37-38H,8-13,15,17,19-22H2,1-7H3,(H,34,36)(H,39,40)/p-1/b24-14+,25-16+,26-18-/t27?,29-,30-,31-,32-,33-/m1/s1. The molecule has 44 heavy (non-hydrogen) atoms. The van der Waals surface area contributed by atoms with Gasteiger partial charge in [-0.1, -0.05) is 62.1 Å². The van der Waals surface area contributed by atoms with Crippen molar-refractivity contribution in [2.24, 2.45) is 11.8 Å². The second-order valence-electron chi connectivity index (χ2n) is 12.8. The predicted octanol–water partition coefficient (Wildman–Crippen LogP) is 5.46. The van der Waals surface area contributed by atoms with Crippen LogP contribution in [-0.2, 0) is 23.1 Å². The molecule has 1 saturated heterocycles. The van der Waals surface area contributed by atoms with E-state index >= 15 is 0 Å². The highest BCUT2D eigenvalue weighted by molar-refractivity contribution is 7.45. The van der Waals surface area contributed by atoms with E-state index < -0.39 is 51.0 Å². The summed E-state index contributed by atoms with van der Waals surface area (Å²) in [6.45, 7) is 13.5. The maximum Gasteiger partial charge on any atom is 0.270 e. The van der Waals surface area contributed by atoms with Gasteiger partial charge in [-0.2, -0.15) is 0 Å². The lowest BCUT2D eigenvalue weighted by atomic mass is 9.97. The average molecular weight is 645 g/mol. The molecule has 7 atom stereocenters. The molecule has 0 aromatic carbocycles. The Bertz CT molecular complexity index is 980. The van der Waals surface area contributed by atoms with Gasteiger partial charge in [0, 0.05) is 6.92 Å². The molecule has 11 heteroatoms. The number of aliphatic hydroxyl groups is 3. The SMILES string of the molecule is CC(=O)N[C@H]1[C@@H](OP(=O)([O-])OCCC(C)CC/C=C(/C)CC/C=C(\C)CC/C=C(\C)CCCC(C)C)O[C@H](CO)[C@@H](O)[C@@H]1O. The summed E-state index contributed by atoms with van der Waals surface area (Å²) in [6, 6.07) is -1.37. The number of aliphatic hydroxyl groups excluding tert-OH is 3. The van der Waals surface area contributed by atoms with E-state index in [1.54, 1.807) is 0 Å². The van der Waals surface area contributed by atoms with Gasteiger partial charge in [-0.05, 0) is 90.4 Å². The van der Waals surface area contributed by atoms with Gasteiger partial charge >= 0.3 is 0 Å². The third kappa shape index (κ3) is 17.4. The monoisotopic (exact) mass is 644 g/mol. The Morgan fingerprint density at radius 3 is 2.02 bits per heavy atom. The molecule has 4 N–H and O–H groups in total. The molecule has 0 radical (unpaired) electrons. The van der Waals surface area contributed by atoms with Crippen molar-refractivity contribution in [1.82, 2.24) is 5.32 Å². The molecule has 1 rings (SSSR count). The number of nitrogens with one attached hydrogen (secondary N) is 1. The molecule has 1 amide bonds. The maximum atomic E-state index is 12.5. The van der Waals surface area contributed by atoms with Gasteiger partial charge in [0.1, 0.15) is 24.4 Å². The largest absolute Gasteiger partial charge is 0.756 e. The highest BCUT2D eigenvalue weighted by Gasteiger charge is 2.46. The van der Waals surface area contributed by atoms with Crippen LogP contribution in [0.5, 0.6) is 0 Å². The molecule has 256 valence electrons. The molecule has 0 aromatic heterocycles. The molecule has 0 saturated carbocycles. The Morgan fingerprint density at radius 2 is 1.48 bits per heavy atom. The zero-order chi connectivity index (χ0) is 33.3. The molecule has 1 heterocycles. The van der Waals surface area contributed by atoms with Crippen LogP contribution in [0, 0.1) is 11.8 Å². The summed E-state index contributed by atoms with van der Waals surface area (Å²) in [5.41, 5.74) is 4.27. The topological polar surface area (TPSA) is 158 Å². The highest BCUT2D eigenvalue weighted by Crippen LogP contribution is 2.42. The summed E-state index contributed by atoms with van der Waals surface area (Å²) in [4.78, 5) is 24.0. The van der Waals surface area contributed by atoms with Crippen molar-refractivity contribution < 1.29 is 43.4 Å². The summed E-state index contributed by atoms with van der Waals surface area (Å²) < 4.78 is 27.7. The average Bonchev–Trinajstić information content (AvgIpc) is 2.92. The fraction of sp³-hybridized carbons (Fsp3) is 0.788. The summed E-state index contributed by atoms with van der Waals surface area (Å²) in [5.74, 6) is 0.389. The fourth-order valence-corrected chi connectivity index (χ4v) is 5.86. The number of carbonyl (C=O) groups is 1. The molecule has 0 spiro atoms. The van der Waals surface area contributed by atoms with Crippen molar-refractivity contribution in [1.29, 1.82) is 0 Å². The number of phosphoric acid groups is 1. The van der Waals surface area contributed by atoms with Gasteiger partial charge in [-0.25, -0.2) is 0 Å². The van der Waals surface area contributed by atoms with Crippen LogP contribution >= 0.6 is 7.82 Å². The first-order valence-electron chi connectivity index (χ1n) is 16.2. The van der Waals surface area contributed by atoms with E-state index in [1.165, 1.54) is 36.0 Å². The van der Waals surface area contributed by atoms with E-state index in [-0.39, 0.29) is 12.5 Å². The predicted molar refractivity (Wildman–Crippen MR) is 171 cm³/mol. The third-order valence-electron chi connectivity index (χ3n) is 7.91. The van der Waals surface area contributed by atoms with Gasteiger partial charge < -0.3 is 34.8 Å². The minimum Gasteiger partial charge on any atom is -0.756 e. The van der Waals surface area contributed by atoms with Crippen LogP contribution in [0.2, 0.25) is 0 Å². The second-order valence-corrected chi connectivity index (χ2v) is 14.2. The van der Waals surface area contributed by atoms with Gasteiger partial charge in [0.2, 0.25) is 5.91 Å². The quantitative estimate of drug-likeness (QED) is 0.0940. The van der Waals surface area contributed by atoms with E-state index in [2.05, 4.69) is 58.2 Å². The van der Waals surface area contributed by atoms with Crippen molar-refractivity contribution in [2.75, 3.05) is 13.2 Å². The van der Waals surface area contributed by atoms with E-state index in [1.807, 2.05) is 6.92 Å². The minimum atomic E-state index is -4.89. The highest BCUT2D eigenvalue weighted by atomic mass is 31.2. The minimum absolute atomic E-state index is 0.104. The van der Waals surface area contributed by atoms with Crippen LogP contribution in [0.1, 0.15) is 113 Å². The summed E-state index contributed by atoms with van der Waals surface area (Å²) in [5, 5.41) is 32.1. The van der Waals surface area contributed by atoms with Crippen LogP contribution in [0.3, 0.4) is 0 Å². The number of hydrogen-bond donors (Lipinski definition) is 4. The van der Waals surface area contributed by atoms with Crippen molar-refractivity contribution in [3.63, 3.8) is 0 Å². The van der Waals surface area contributed by atoms with Crippen molar-refractivity contribution in [2.45, 2.75) is 143 Å². The van der Waals surface area contributed by atoms with E-state index in [0.717, 1.165) is 51.4 Å². The van der Waals surface area contributed by atoms with Gasteiger partial charge in [0.25, 0.3) is 7.82 Å². The fourth-order valence-electron chi connectivity index (χ4n) is 5.03. The number of ether oxygens (including phenoxy) is 1. The first-order valence-corrected chi connectivity index (χ1v) is 17.6. The number of amides is 1. The molecule has 10 nitrogen and oxygen atoms in total. The number of rotatable bonds is 21. The Labute approximate surface area is 265 Å². The maximum absolute atomic E-state index is 12.5. The van der Waals surface area contributed by atoms with Crippen molar-refractivity contribution in [3.05, 3.63) is 34.9 Å². The van der Waals surface area contributed by atoms with E-state index in [0.29, 0.717) is 6.42 Å². The summed E-state index contributed by atoms with van der Waals surface area (Å²) in [7, 11) is -4.89. The van der Waals surface area contributed by atoms with Gasteiger partial charge in [-0.3, -0.25) is 13.9 Å². The van der Waals surface area contributed by atoms with E-state index in [9.17, 15) is 29.6 Å². The van der Waals surface area contributed by atoms with Crippen LogP contribution in [0.15, 0.2) is 34.9 Å². The lowest BCUT2D eigenvalue weighted by Gasteiger charge is -2.43. The van der Waals surface area contributed by atoms with Gasteiger partial charge in [-0.15, -0.1) is 0 Å². The third-order valence-corrected chi connectivity index (χ3v) is 8.88. The van der Waals surface area contributed by atoms with E-state index in [4.69, 9.17) is 13.8 Å². The molecule has 1 aliphatic heterocycles. The Balaban J connectivity index is 2.38. The van der Waals surface area contributed by atoms with Crippen LogP contribution in [0.4, 0.5) is 0 Å². The molecular weight excluding hydrogens is 585 g/mol. The summed E-state index contributed by atoms with van der Waals surface area (Å²) in [6.07, 6.45) is 11.1. The second kappa shape index (κ2) is 21.4. The number of carbonyl (C=O) groups excluding carboxylic acids is 1. The molecule has 1 aliphatic rings. The number of allylic oxidation sites excluding steroid dienone is 6. The Hall–Kier alpha value is -1.36. The lowest BCUT2D eigenvalue weighted by Crippen LogP contribution is -2.64. The smallest absolute Gasteiger partial charge is 0.270 e. The van der Waals surface area contributed by atoms with Gasteiger partial charge in [0.15, 0.2) is 6.29 Å². The zero-order valence-corrected chi connectivity index (χ0v) is 28.9. The Kier molecular flexibility index (Phi) is 19.8. The van der Waals surface area contributed by atoms with Crippen LogP contribution in [0.25, 0.3) is 0 Å². The zero-order valence-electron chi connectivity index (χ0n) is 28.0. The Morgan fingerprint density at radius 1 is 0.909 bits per heavy atom. The van der Waals surface area contributed by atoms with Crippen molar-refractivity contribution >= 4 is 13.7 Å². The molecule has 0 bridgehead atoms. The number of hydrogen-bond acceptors (Lipinski definition) is 9.